The molecule has 0 aromatic heterocycles. The molecule has 0 aliphatic carbocycles. The van der Waals surface area contributed by atoms with Crippen molar-refractivity contribution < 1.29 is 28.6 Å². The van der Waals surface area contributed by atoms with Crippen molar-refractivity contribution in [2.45, 2.75) is 264 Å². The maximum atomic E-state index is 12.8. The molecule has 1 atom stereocenters. The molecule has 1 unspecified atom stereocenters. The van der Waals surface area contributed by atoms with E-state index in [0.29, 0.717) is 19.3 Å². The Kier molecular flexibility index (Phi) is 57.4. The number of ether oxygens (including phenoxy) is 3. The third kappa shape index (κ3) is 58.4. The summed E-state index contributed by atoms with van der Waals surface area (Å²) in [5, 5.41) is 0. The number of hydrogen-bond acceptors (Lipinski definition) is 6. The molecule has 0 fully saturated rings. The first-order valence-corrected chi connectivity index (χ1v) is 30.2. The third-order valence-corrected chi connectivity index (χ3v) is 12.4. The topological polar surface area (TPSA) is 78.9 Å². The van der Waals surface area contributed by atoms with E-state index in [2.05, 4.69) is 154 Å². The SMILES string of the molecule is CC/C=C\C/C=C\C/C=C\C/C=C\C/C=C\C/C=C\C/C=C\C/C=C\C/C=C\C/C=C\CCCCCCC(=O)OCC(COC(=O)CCCCCCCCCCCC)OC(=O)CCCCCCC/C=C\CCCC. The Morgan fingerprint density at radius 2 is 0.541 bits per heavy atom. The van der Waals surface area contributed by atoms with Gasteiger partial charge >= 0.3 is 17.9 Å². The van der Waals surface area contributed by atoms with Crippen LogP contribution in [0.5, 0.6) is 0 Å². The molecule has 0 bridgehead atoms. The Hall–Kier alpha value is -4.45. The van der Waals surface area contributed by atoms with Gasteiger partial charge in [-0.15, -0.1) is 0 Å². The molecule has 0 saturated heterocycles. The lowest BCUT2D eigenvalue weighted by atomic mass is 10.1. The summed E-state index contributed by atoms with van der Waals surface area (Å²) >= 11 is 0. The van der Waals surface area contributed by atoms with Crippen LogP contribution in [0.15, 0.2) is 134 Å². The van der Waals surface area contributed by atoms with E-state index in [1.807, 2.05) is 0 Å². The van der Waals surface area contributed by atoms with Crippen LogP contribution in [0.1, 0.15) is 258 Å². The molecule has 0 radical (unpaired) electrons. The predicted molar refractivity (Wildman–Crippen MR) is 320 cm³/mol. The number of hydrogen-bond donors (Lipinski definition) is 0. The normalized spacial score (nSPS) is 13.1. The van der Waals surface area contributed by atoms with Gasteiger partial charge in [-0.05, 0) is 116 Å². The van der Waals surface area contributed by atoms with Crippen LogP contribution >= 0.6 is 0 Å². The average Bonchev–Trinajstić information content (AvgIpc) is 3.40. The third-order valence-electron chi connectivity index (χ3n) is 12.4. The minimum Gasteiger partial charge on any atom is -0.462 e. The highest BCUT2D eigenvalue weighted by molar-refractivity contribution is 5.71. The van der Waals surface area contributed by atoms with E-state index in [4.69, 9.17) is 14.2 Å². The van der Waals surface area contributed by atoms with Crippen molar-refractivity contribution in [2.24, 2.45) is 0 Å². The Morgan fingerprint density at radius 1 is 0.284 bits per heavy atom. The van der Waals surface area contributed by atoms with Crippen LogP contribution in [0, 0.1) is 0 Å². The lowest BCUT2D eigenvalue weighted by Gasteiger charge is -2.18. The maximum absolute atomic E-state index is 12.8. The maximum Gasteiger partial charge on any atom is 0.306 e. The lowest BCUT2D eigenvalue weighted by molar-refractivity contribution is -0.167. The van der Waals surface area contributed by atoms with Gasteiger partial charge in [0.1, 0.15) is 13.2 Å². The molecular weight excluding hydrogens is 913 g/mol. The number of rotatable bonds is 53. The summed E-state index contributed by atoms with van der Waals surface area (Å²) < 4.78 is 16.8. The smallest absolute Gasteiger partial charge is 0.306 e. The molecule has 0 aliphatic rings. The standard InChI is InChI=1S/C68H110O6/c1-4-7-10-13-16-19-22-23-24-25-26-27-28-29-30-31-32-33-34-35-36-37-38-39-40-41-42-43-44-45-47-49-52-55-58-61-67(70)73-64-65(63-72-66(69)60-57-54-51-48-21-18-15-12-9-6-3)74-68(71)62-59-56-53-50-46-20-17-14-11-8-5-2/h7,10,14,16-17,19,23-24,26-27,29-30,32-33,35-36,38-39,41-42,44-45,65H,4-6,8-9,11-13,15,18,20-22,25,28,31,34,37,40,43,46-64H2,1-3H3/b10-7-,17-14-,19-16-,24-23-,27-26-,30-29-,33-32-,36-35-,39-38-,42-41-,45-44-. The highest BCUT2D eigenvalue weighted by Crippen LogP contribution is 2.14. The number of carbonyl (C=O) groups excluding carboxylic acids is 3. The van der Waals surface area contributed by atoms with E-state index in [9.17, 15) is 14.4 Å². The van der Waals surface area contributed by atoms with Gasteiger partial charge in [-0.25, -0.2) is 0 Å². The van der Waals surface area contributed by atoms with Gasteiger partial charge in [0, 0.05) is 19.3 Å². The average molecular weight is 1020 g/mol. The Morgan fingerprint density at radius 3 is 0.878 bits per heavy atom. The van der Waals surface area contributed by atoms with Gasteiger partial charge in [0.25, 0.3) is 0 Å². The van der Waals surface area contributed by atoms with Crippen LogP contribution in [0.2, 0.25) is 0 Å². The van der Waals surface area contributed by atoms with Gasteiger partial charge in [-0.2, -0.15) is 0 Å². The summed E-state index contributed by atoms with van der Waals surface area (Å²) in [7, 11) is 0. The largest absolute Gasteiger partial charge is 0.462 e. The van der Waals surface area contributed by atoms with E-state index < -0.39 is 6.10 Å². The van der Waals surface area contributed by atoms with Crippen molar-refractivity contribution >= 4 is 17.9 Å². The van der Waals surface area contributed by atoms with Crippen LogP contribution in [0.3, 0.4) is 0 Å². The fourth-order valence-electron chi connectivity index (χ4n) is 7.86. The van der Waals surface area contributed by atoms with E-state index in [0.717, 1.165) is 148 Å². The second-order valence-corrected chi connectivity index (χ2v) is 19.5. The molecule has 6 nitrogen and oxygen atoms in total. The van der Waals surface area contributed by atoms with Crippen molar-refractivity contribution in [1.82, 2.24) is 0 Å². The van der Waals surface area contributed by atoms with Gasteiger partial charge in [0.05, 0.1) is 0 Å². The van der Waals surface area contributed by atoms with Crippen molar-refractivity contribution in [2.75, 3.05) is 13.2 Å². The molecular formula is C68H110O6. The van der Waals surface area contributed by atoms with Crippen LogP contribution in [-0.4, -0.2) is 37.2 Å². The molecule has 6 heteroatoms. The molecule has 0 amide bonds. The second-order valence-electron chi connectivity index (χ2n) is 19.5. The lowest BCUT2D eigenvalue weighted by Crippen LogP contribution is -2.30. The minimum atomic E-state index is -0.793. The van der Waals surface area contributed by atoms with Gasteiger partial charge in [0.2, 0.25) is 0 Å². The molecule has 0 saturated carbocycles. The summed E-state index contributed by atoms with van der Waals surface area (Å²) in [6.07, 6.45) is 86.1. The fraction of sp³-hybridized carbons (Fsp3) is 0.632. The molecule has 0 spiro atoms. The Bertz CT molecular complexity index is 1600. The molecule has 418 valence electrons. The monoisotopic (exact) mass is 1020 g/mol. The highest BCUT2D eigenvalue weighted by atomic mass is 16.6. The molecule has 0 N–H and O–H groups in total. The zero-order valence-electron chi connectivity index (χ0n) is 47.8. The summed E-state index contributed by atoms with van der Waals surface area (Å²) in [6.45, 7) is 6.43. The summed E-state index contributed by atoms with van der Waals surface area (Å²) in [6, 6.07) is 0. The number of allylic oxidation sites excluding steroid dienone is 22. The molecule has 0 rings (SSSR count). The quantitative estimate of drug-likeness (QED) is 0.0261. The zero-order chi connectivity index (χ0) is 53.6. The van der Waals surface area contributed by atoms with Gasteiger partial charge in [0.15, 0.2) is 6.10 Å². The number of unbranched alkanes of at least 4 members (excludes halogenated alkanes) is 20. The van der Waals surface area contributed by atoms with Gasteiger partial charge < -0.3 is 14.2 Å². The van der Waals surface area contributed by atoms with Crippen LogP contribution in [-0.2, 0) is 28.6 Å². The van der Waals surface area contributed by atoms with Crippen LogP contribution < -0.4 is 0 Å². The van der Waals surface area contributed by atoms with Gasteiger partial charge in [-0.3, -0.25) is 14.4 Å². The number of carbonyl (C=O) groups is 3. The predicted octanol–water partition coefficient (Wildman–Crippen LogP) is 20.6. The Balaban J connectivity index is 4.22. The van der Waals surface area contributed by atoms with Crippen molar-refractivity contribution in [3.8, 4) is 0 Å². The fourth-order valence-corrected chi connectivity index (χ4v) is 7.86. The first-order valence-electron chi connectivity index (χ1n) is 30.2. The molecule has 74 heavy (non-hydrogen) atoms. The van der Waals surface area contributed by atoms with Crippen molar-refractivity contribution in [3.05, 3.63) is 134 Å². The molecule has 0 aromatic carbocycles. The summed E-state index contributed by atoms with van der Waals surface area (Å²) in [5.41, 5.74) is 0. The number of esters is 3. The Labute approximate surface area is 455 Å². The van der Waals surface area contributed by atoms with Crippen molar-refractivity contribution in [3.63, 3.8) is 0 Å². The van der Waals surface area contributed by atoms with E-state index in [-0.39, 0.29) is 31.1 Å². The molecule has 0 heterocycles. The zero-order valence-corrected chi connectivity index (χ0v) is 47.8. The first kappa shape index (κ1) is 69.5. The van der Waals surface area contributed by atoms with E-state index in [1.54, 1.807) is 0 Å². The van der Waals surface area contributed by atoms with Crippen molar-refractivity contribution in [1.29, 1.82) is 0 Å². The van der Waals surface area contributed by atoms with E-state index in [1.165, 1.54) is 70.6 Å². The minimum absolute atomic E-state index is 0.0904. The van der Waals surface area contributed by atoms with Gasteiger partial charge in [-0.1, -0.05) is 257 Å². The van der Waals surface area contributed by atoms with Crippen LogP contribution in [0.4, 0.5) is 0 Å². The first-order chi connectivity index (χ1) is 36.5. The molecule has 0 aliphatic heterocycles. The van der Waals surface area contributed by atoms with E-state index >= 15 is 0 Å². The molecule has 0 aromatic rings. The van der Waals surface area contributed by atoms with Crippen LogP contribution in [0.25, 0.3) is 0 Å². The second kappa shape index (κ2) is 61.1. The summed E-state index contributed by atoms with van der Waals surface area (Å²) in [4.78, 5) is 38.0. The summed E-state index contributed by atoms with van der Waals surface area (Å²) in [5.74, 6) is -0.932. The highest BCUT2D eigenvalue weighted by Gasteiger charge is 2.19.